The number of pyridine rings is 1. The van der Waals surface area contributed by atoms with Crippen LogP contribution in [0.2, 0.25) is 0 Å². The van der Waals surface area contributed by atoms with Crippen molar-refractivity contribution >= 4 is 17.4 Å². The monoisotopic (exact) mass is 255 g/mol. The zero-order valence-electron chi connectivity index (χ0n) is 9.80. The number of rotatable bonds is 4. The van der Waals surface area contributed by atoms with Gasteiger partial charge in [0, 0.05) is 44.8 Å². The molecular formula is C12H18ClN3O. The highest BCUT2D eigenvalue weighted by Gasteiger charge is 2.19. The maximum Gasteiger partial charge on any atom is 0.128 e. The summed E-state index contributed by atoms with van der Waals surface area (Å²) in [5.74, 6) is 1.34. The molecule has 1 N–H and O–H groups in total. The largest absolute Gasteiger partial charge is 0.391 e. The summed E-state index contributed by atoms with van der Waals surface area (Å²) >= 11 is 5.60. The van der Waals surface area contributed by atoms with Crippen molar-refractivity contribution in [2.24, 2.45) is 0 Å². The molecule has 0 aliphatic carbocycles. The Balaban J connectivity index is 1.82. The van der Waals surface area contributed by atoms with Gasteiger partial charge in [-0.2, -0.15) is 0 Å². The molecule has 0 radical (unpaired) electrons. The van der Waals surface area contributed by atoms with Gasteiger partial charge in [0.25, 0.3) is 0 Å². The fraction of sp³-hybridized carbons (Fsp3) is 0.583. The van der Waals surface area contributed by atoms with Crippen LogP contribution in [0.5, 0.6) is 0 Å². The third kappa shape index (κ3) is 3.56. The number of hydrogen-bond acceptors (Lipinski definition) is 4. The third-order valence-corrected chi connectivity index (χ3v) is 3.35. The van der Waals surface area contributed by atoms with E-state index in [-0.39, 0.29) is 0 Å². The van der Waals surface area contributed by atoms with Crippen molar-refractivity contribution in [2.75, 3.05) is 43.5 Å². The normalized spacial score (nSPS) is 19.3. The van der Waals surface area contributed by atoms with Gasteiger partial charge < -0.3 is 10.0 Å². The van der Waals surface area contributed by atoms with Crippen LogP contribution < -0.4 is 4.90 Å². The van der Waals surface area contributed by atoms with Gasteiger partial charge in [0.2, 0.25) is 0 Å². The minimum atomic E-state index is -0.418. The molecule has 1 aromatic rings. The lowest BCUT2D eigenvalue weighted by Crippen LogP contribution is -2.49. The summed E-state index contributed by atoms with van der Waals surface area (Å²) in [6.07, 6.45) is 1.40. The van der Waals surface area contributed by atoms with E-state index in [0.717, 1.165) is 32.0 Å². The number of piperazine rings is 1. The fourth-order valence-electron chi connectivity index (χ4n) is 2.05. The summed E-state index contributed by atoms with van der Waals surface area (Å²) < 4.78 is 0. The van der Waals surface area contributed by atoms with Crippen LogP contribution in [0, 0.1) is 0 Å². The summed E-state index contributed by atoms with van der Waals surface area (Å²) in [7, 11) is 0. The number of aromatic nitrogens is 1. The van der Waals surface area contributed by atoms with Crippen molar-refractivity contribution in [1.82, 2.24) is 9.88 Å². The molecule has 1 fully saturated rings. The molecule has 94 valence electrons. The maximum absolute atomic E-state index is 9.49. The van der Waals surface area contributed by atoms with E-state index in [9.17, 15) is 5.11 Å². The van der Waals surface area contributed by atoms with Crippen molar-refractivity contribution in [3.63, 3.8) is 0 Å². The number of anilines is 1. The summed E-state index contributed by atoms with van der Waals surface area (Å²) in [5, 5.41) is 9.49. The van der Waals surface area contributed by atoms with Gasteiger partial charge in [-0.05, 0) is 12.1 Å². The molecule has 1 aliphatic rings. The number of halogens is 1. The second-order valence-electron chi connectivity index (χ2n) is 4.28. The van der Waals surface area contributed by atoms with Crippen molar-refractivity contribution in [3.05, 3.63) is 24.4 Å². The van der Waals surface area contributed by atoms with Gasteiger partial charge in [-0.15, -0.1) is 11.6 Å². The van der Waals surface area contributed by atoms with E-state index >= 15 is 0 Å². The first-order valence-corrected chi connectivity index (χ1v) is 6.45. The lowest BCUT2D eigenvalue weighted by atomic mass is 10.2. The van der Waals surface area contributed by atoms with Gasteiger partial charge in [-0.25, -0.2) is 4.98 Å². The Morgan fingerprint density at radius 1 is 1.29 bits per heavy atom. The molecule has 2 rings (SSSR count). The highest BCUT2D eigenvalue weighted by Crippen LogP contribution is 2.12. The number of aliphatic hydroxyl groups excluding tert-OH is 1. The van der Waals surface area contributed by atoms with Crippen molar-refractivity contribution in [3.8, 4) is 0 Å². The van der Waals surface area contributed by atoms with E-state index in [4.69, 9.17) is 11.6 Å². The molecule has 0 bridgehead atoms. The molecule has 5 heteroatoms. The second-order valence-corrected chi connectivity index (χ2v) is 4.59. The van der Waals surface area contributed by atoms with E-state index in [2.05, 4.69) is 14.8 Å². The Bertz CT molecular complexity index is 328. The molecule has 1 unspecified atom stereocenters. The smallest absolute Gasteiger partial charge is 0.128 e. The average molecular weight is 256 g/mol. The van der Waals surface area contributed by atoms with Crippen LogP contribution in [0.25, 0.3) is 0 Å². The van der Waals surface area contributed by atoms with Gasteiger partial charge >= 0.3 is 0 Å². The van der Waals surface area contributed by atoms with E-state index in [1.807, 2.05) is 24.4 Å². The van der Waals surface area contributed by atoms with Crippen LogP contribution in [0.1, 0.15) is 0 Å². The van der Waals surface area contributed by atoms with Gasteiger partial charge in [0.15, 0.2) is 0 Å². The fourth-order valence-corrected chi connectivity index (χ4v) is 2.14. The number of nitrogens with zero attached hydrogens (tertiary/aromatic N) is 3. The lowest BCUT2D eigenvalue weighted by Gasteiger charge is -2.36. The standard InChI is InChI=1S/C12H18ClN3O/c13-9-11(17)10-15-5-7-16(8-6-15)12-3-1-2-4-14-12/h1-4,11,17H,5-10H2. The zero-order chi connectivity index (χ0) is 12.1. The zero-order valence-corrected chi connectivity index (χ0v) is 10.6. The Hall–Kier alpha value is -0.840. The first kappa shape index (κ1) is 12.6. The highest BCUT2D eigenvalue weighted by molar-refractivity contribution is 6.18. The highest BCUT2D eigenvalue weighted by atomic mass is 35.5. The minimum Gasteiger partial charge on any atom is -0.391 e. The Morgan fingerprint density at radius 3 is 2.65 bits per heavy atom. The maximum atomic E-state index is 9.49. The summed E-state index contributed by atoms with van der Waals surface area (Å²) in [6, 6.07) is 5.96. The molecular weight excluding hydrogens is 238 g/mol. The first-order valence-electron chi connectivity index (χ1n) is 5.92. The predicted octanol–water partition coefficient (Wildman–Crippen LogP) is 0.803. The molecule has 1 atom stereocenters. The molecule has 0 saturated carbocycles. The Morgan fingerprint density at radius 2 is 2.06 bits per heavy atom. The average Bonchev–Trinajstić information content (AvgIpc) is 2.40. The summed E-state index contributed by atoms with van der Waals surface area (Å²) in [4.78, 5) is 8.85. The molecule has 0 aromatic carbocycles. The van der Waals surface area contributed by atoms with E-state index in [1.165, 1.54) is 0 Å². The Labute approximate surface area is 107 Å². The molecule has 1 saturated heterocycles. The van der Waals surface area contributed by atoms with E-state index < -0.39 is 6.10 Å². The van der Waals surface area contributed by atoms with Gasteiger partial charge in [-0.3, -0.25) is 4.90 Å². The molecule has 2 heterocycles. The summed E-state index contributed by atoms with van der Waals surface area (Å²) in [6.45, 7) is 4.46. The van der Waals surface area contributed by atoms with Crippen molar-refractivity contribution < 1.29 is 5.11 Å². The van der Waals surface area contributed by atoms with Crippen LogP contribution in [0.3, 0.4) is 0 Å². The molecule has 17 heavy (non-hydrogen) atoms. The number of hydrogen-bond donors (Lipinski definition) is 1. The third-order valence-electron chi connectivity index (χ3n) is 2.99. The van der Waals surface area contributed by atoms with Gasteiger partial charge in [-0.1, -0.05) is 6.07 Å². The number of alkyl halides is 1. The molecule has 4 nitrogen and oxygen atoms in total. The first-order chi connectivity index (χ1) is 8.29. The molecule has 1 aliphatic heterocycles. The van der Waals surface area contributed by atoms with Crippen LogP contribution in [-0.2, 0) is 0 Å². The Kier molecular flexibility index (Phi) is 4.59. The van der Waals surface area contributed by atoms with Gasteiger partial charge in [0.05, 0.1) is 6.10 Å². The van der Waals surface area contributed by atoms with Crippen LogP contribution >= 0.6 is 11.6 Å². The molecule has 1 aromatic heterocycles. The molecule has 0 amide bonds. The van der Waals surface area contributed by atoms with E-state index in [1.54, 1.807) is 0 Å². The van der Waals surface area contributed by atoms with Crippen LogP contribution in [0.15, 0.2) is 24.4 Å². The van der Waals surface area contributed by atoms with Crippen molar-refractivity contribution in [1.29, 1.82) is 0 Å². The number of aliphatic hydroxyl groups is 1. The second kappa shape index (κ2) is 6.19. The van der Waals surface area contributed by atoms with Crippen LogP contribution in [0.4, 0.5) is 5.82 Å². The topological polar surface area (TPSA) is 39.6 Å². The van der Waals surface area contributed by atoms with Gasteiger partial charge in [0.1, 0.15) is 5.82 Å². The quantitative estimate of drug-likeness (QED) is 0.808. The minimum absolute atomic E-state index is 0.306. The molecule has 0 spiro atoms. The summed E-state index contributed by atoms with van der Waals surface area (Å²) in [5.41, 5.74) is 0. The lowest BCUT2D eigenvalue weighted by molar-refractivity contribution is 0.125. The van der Waals surface area contributed by atoms with Crippen LogP contribution in [-0.4, -0.2) is 59.7 Å². The SMILES string of the molecule is OC(CCl)CN1CCN(c2ccccn2)CC1. The van der Waals surface area contributed by atoms with E-state index in [0.29, 0.717) is 12.4 Å². The number of β-amino-alcohol motifs (C(OH)–C–C–N with tert-alkyl or cyclic N) is 1. The van der Waals surface area contributed by atoms with Crippen molar-refractivity contribution in [2.45, 2.75) is 6.10 Å². The predicted molar refractivity (Wildman–Crippen MR) is 69.6 cm³/mol.